The van der Waals surface area contributed by atoms with Crippen LogP contribution in [0.1, 0.15) is 53.0 Å². The second-order valence-corrected chi connectivity index (χ2v) is 6.45. The van der Waals surface area contributed by atoms with Crippen LogP contribution in [0.5, 0.6) is 0 Å². The topological polar surface area (TPSA) is 71.5 Å². The fraction of sp³-hybridized carbons (Fsp3) is 0.526. The van der Waals surface area contributed by atoms with Crippen LogP contribution in [0.15, 0.2) is 30.0 Å². The fourth-order valence-electron chi connectivity index (χ4n) is 3.19. The fourth-order valence-corrected chi connectivity index (χ4v) is 3.19. The van der Waals surface area contributed by atoms with Gasteiger partial charge >= 0.3 is 0 Å². The molecule has 1 fully saturated rings. The van der Waals surface area contributed by atoms with Crippen LogP contribution in [0.2, 0.25) is 0 Å². The Morgan fingerprint density at radius 3 is 2.84 bits per heavy atom. The third-order valence-corrected chi connectivity index (χ3v) is 4.66. The molecule has 6 nitrogen and oxygen atoms in total. The van der Waals surface area contributed by atoms with Gasteiger partial charge in [-0.15, -0.1) is 0 Å². The Morgan fingerprint density at radius 1 is 1.24 bits per heavy atom. The lowest BCUT2D eigenvalue weighted by Gasteiger charge is -2.26. The van der Waals surface area contributed by atoms with E-state index >= 15 is 0 Å². The average Bonchev–Trinajstić information content (AvgIpc) is 2.69. The Hall–Kier alpha value is -2.21. The first-order valence-electron chi connectivity index (χ1n) is 9.03. The molecule has 2 aliphatic rings. The highest BCUT2D eigenvalue weighted by atomic mass is 16.5. The largest absolute Gasteiger partial charge is 0.378 e. The van der Waals surface area contributed by atoms with Gasteiger partial charge in [-0.05, 0) is 44.2 Å². The molecule has 134 valence electrons. The highest BCUT2D eigenvalue weighted by molar-refractivity contribution is 5.98. The van der Waals surface area contributed by atoms with Gasteiger partial charge in [0.1, 0.15) is 5.69 Å². The lowest BCUT2D eigenvalue weighted by molar-refractivity contribution is 0.0299. The zero-order valence-corrected chi connectivity index (χ0v) is 14.5. The van der Waals surface area contributed by atoms with Gasteiger partial charge in [0, 0.05) is 31.4 Å². The summed E-state index contributed by atoms with van der Waals surface area (Å²) in [5, 5.41) is 2.94. The van der Waals surface area contributed by atoms with Crippen LogP contribution in [-0.4, -0.2) is 54.5 Å². The molecule has 0 aromatic carbocycles. The summed E-state index contributed by atoms with van der Waals surface area (Å²) in [5.74, 6) is -0.305. The number of pyridine rings is 1. The molecule has 2 heterocycles. The molecule has 0 unspecified atom stereocenters. The number of amides is 2. The highest BCUT2D eigenvalue weighted by Gasteiger charge is 2.20. The van der Waals surface area contributed by atoms with Crippen molar-refractivity contribution in [2.75, 3.05) is 32.8 Å². The summed E-state index contributed by atoms with van der Waals surface area (Å²) < 4.78 is 5.26. The summed E-state index contributed by atoms with van der Waals surface area (Å²) >= 11 is 0. The maximum Gasteiger partial charge on any atom is 0.272 e. The molecule has 1 aliphatic heterocycles. The number of nitrogens with zero attached hydrogens (tertiary/aromatic N) is 2. The maximum absolute atomic E-state index is 12.5. The lowest BCUT2D eigenvalue weighted by atomic mass is 9.97. The molecule has 1 N–H and O–H groups in total. The number of ether oxygens (including phenoxy) is 1. The standard InChI is InChI=1S/C19H25N3O3/c23-18(21-8-6-15-4-2-1-3-5-15)16-7-9-20-17(14-16)19(24)22-10-12-25-13-11-22/h4,7,9,14H,1-3,5-6,8,10-13H2,(H,21,23). The Labute approximate surface area is 148 Å². The molecular formula is C19H25N3O3. The lowest BCUT2D eigenvalue weighted by Crippen LogP contribution is -2.41. The summed E-state index contributed by atoms with van der Waals surface area (Å²) in [7, 11) is 0. The molecule has 6 heteroatoms. The van der Waals surface area contributed by atoms with Gasteiger partial charge in [-0.2, -0.15) is 0 Å². The number of rotatable bonds is 5. The van der Waals surface area contributed by atoms with Crippen molar-refractivity contribution in [3.63, 3.8) is 0 Å². The van der Waals surface area contributed by atoms with E-state index in [9.17, 15) is 9.59 Å². The second kappa shape index (κ2) is 8.76. The van der Waals surface area contributed by atoms with E-state index in [0.29, 0.717) is 44.1 Å². The van der Waals surface area contributed by atoms with Gasteiger partial charge < -0.3 is 15.0 Å². The molecule has 2 amide bonds. The molecule has 1 saturated heterocycles. The van der Waals surface area contributed by atoms with E-state index in [2.05, 4.69) is 16.4 Å². The predicted octanol–water partition coefficient (Wildman–Crippen LogP) is 2.17. The van der Waals surface area contributed by atoms with Crippen molar-refractivity contribution >= 4 is 11.8 Å². The second-order valence-electron chi connectivity index (χ2n) is 6.45. The van der Waals surface area contributed by atoms with E-state index in [-0.39, 0.29) is 11.8 Å². The van der Waals surface area contributed by atoms with E-state index in [1.165, 1.54) is 24.6 Å². The molecule has 1 aromatic heterocycles. The van der Waals surface area contributed by atoms with Crippen LogP contribution < -0.4 is 5.32 Å². The zero-order chi connectivity index (χ0) is 17.5. The number of hydrogen-bond acceptors (Lipinski definition) is 4. The maximum atomic E-state index is 12.5. The molecule has 3 rings (SSSR count). The molecule has 0 bridgehead atoms. The number of morpholine rings is 1. The van der Waals surface area contributed by atoms with Gasteiger partial charge in [-0.25, -0.2) is 0 Å². The van der Waals surface area contributed by atoms with E-state index in [4.69, 9.17) is 4.74 Å². The van der Waals surface area contributed by atoms with Gasteiger partial charge in [0.25, 0.3) is 11.8 Å². The van der Waals surface area contributed by atoms with Crippen LogP contribution in [-0.2, 0) is 4.74 Å². The molecule has 0 atom stereocenters. The Morgan fingerprint density at radius 2 is 2.08 bits per heavy atom. The molecular weight excluding hydrogens is 318 g/mol. The molecule has 0 saturated carbocycles. The SMILES string of the molecule is O=C(NCCC1=CCCCC1)c1ccnc(C(=O)N2CCOCC2)c1. The zero-order valence-electron chi connectivity index (χ0n) is 14.5. The minimum atomic E-state index is -0.158. The number of hydrogen-bond donors (Lipinski definition) is 1. The Kier molecular flexibility index (Phi) is 6.17. The number of allylic oxidation sites excluding steroid dienone is 1. The predicted molar refractivity (Wildman–Crippen MR) is 94.5 cm³/mol. The highest BCUT2D eigenvalue weighted by Crippen LogP contribution is 2.19. The summed E-state index contributed by atoms with van der Waals surface area (Å²) in [4.78, 5) is 30.6. The number of aromatic nitrogens is 1. The van der Waals surface area contributed by atoms with Crippen molar-refractivity contribution in [3.8, 4) is 0 Å². The molecule has 1 aliphatic carbocycles. The van der Waals surface area contributed by atoms with E-state index in [1.807, 2.05) is 0 Å². The number of nitrogens with one attached hydrogen (secondary N) is 1. The molecule has 1 aromatic rings. The number of carbonyl (C=O) groups is 2. The van der Waals surface area contributed by atoms with E-state index < -0.39 is 0 Å². The van der Waals surface area contributed by atoms with Gasteiger partial charge in [-0.3, -0.25) is 14.6 Å². The van der Waals surface area contributed by atoms with Gasteiger partial charge in [0.05, 0.1) is 13.2 Å². The van der Waals surface area contributed by atoms with Gasteiger partial charge in [0.2, 0.25) is 0 Å². The van der Waals surface area contributed by atoms with Crippen molar-refractivity contribution < 1.29 is 14.3 Å². The van der Waals surface area contributed by atoms with Crippen LogP contribution in [0.25, 0.3) is 0 Å². The van der Waals surface area contributed by atoms with Crippen LogP contribution in [0.4, 0.5) is 0 Å². The van der Waals surface area contributed by atoms with Crippen LogP contribution in [0, 0.1) is 0 Å². The van der Waals surface area contributed by atoms with Crippen molar-refractivity contribution in [1.82, 2.24) is 15.2 Å². The Balaban J connectivity index is 1.55. The quantitative estimate of drug-likeness (QED) is 0.832. The summed E-state index contributed by atoms with van der Waals surface area (Å²) in [6, 6.07) is 3.22. The first-order valence-corrected chi connectivity index (χ1v) is 9.03. The minimum absolute atomic E-state index is 0.148. The minimum Gasteiger partial charge on any atom is -0.378 e. The monoisotopic (exact) mass is 343 g/mol. The molecule has 0 radical (unpaired) electrons. The Bertz CT molecular complexity index is 651. The van der Waals surface area contributed by atoms with Crippen molar-refractivity contribution in [2.45, 2.75) is 32.1 Å². The van der Waals surface area contributed by atoms with Gasteiger partial charge in [0.15, 0.2) is 0 Å². The smallest absolute Gasteiger partial charge is 0.272 e. The third-order valence-electron chi connectivity index (χ3n) is 4.66. The van der Waals surface area contributed by atoms with Gasteiger partial charge in [-0.1, -0.05) is 11.6 Å². The number of carbonyl (C=O) groups excluding carboxylic acids is 2. The van der Waals surface area contributed by atoms with E-state index in [1.54, 1.807) is 17.0 Å². The summed E-state index contributed by atoms with van der Waals surface area (Å²) in [6.07, 6.45) is 9.53. The average molecular weight is 343 g/mol. The van der Waals surface area contributed by atoms with Crippen molar-refractivity contribution in [3.05, 3.63) is 41.2 Å². The summed E-state index contributed by atoms with van der Waals surface area (Å²) in [5.41, 5.74) is 2.22. The first kappa shape index (κ1) is 17.6. The first-order chi connectivity index (χ1) is 12.2. The van der Waals surface area contributed by atoms with Crippen LogP contribution in [0.3, 0.4) is 0 Å². The van der Waals surface area contributed by atoms with E-state index in [0.717, 1.165) is 19.3 Å². The third kappa shape index (κ3) is 4.89. The summed E-state index contributed by atoms with van der Waals surface area (Å²) in [6.45, 7) is 2.83. The van der Waals surface area contributed by atoms with Crippen LogP contribution >= 0.6 is 0 Å². The van der Waals surface area contributed by atoms with Crippen molar-refractivity contribution in [2.24, 2.45) is 0 Å². The van der Waals surface area contributed by atoms with Crippen molar-refractivity contribution in [1.29, 1.82) is 0 Å². The molecule has 25 heavy (non-hydrogen) atoms. The normalized spacial score (nSPS) is 17.8. The molecule has 0 spiro atoms.